The van der Waals surface area contributed by atoms with E-state index in [1.807, 2.05) is 54.6 Å². The number of para-hydroxylation sites is 1. The highest BCUT2D eigenvalue weighted by Gasteiger charge is 2.08. The summed E-state index contributed by atoms with van der Waals surface area (Å²) < 4.78 is 10.6. The zero-order valence-corrected chi connectivity index (χ0v) is 10.2. The van der Waals surface area contributed by atoms with Crippen LogP contribution in [0.25, 0.3) is 0 Å². The lowest BCUT2D eigenvalue weighted by molar-refractivity contribution is 0.108. The van der Waals surface area contributed by atoms with E-state index in [2.05, 4.69) is 0 Å². The van der Waals surface area contributed by atoms with E-state index in [9.17, 15) is 5.11 Å². The lowest BCUT2D eigenvalue weighted by Gasteiger charge is -2.13. The Labute approximate surface area is 107 Å². The van der Waals surface area contributed by atoms with Crippen LogP contribution < -0.4 is 9.47 Å². The van der Waals surface area contributed by atoms with Crippen molar-refractivity contribution in [3.63, 3.8) is 0 Å². The Morgan fingerprint density at radius 3 is 2.22 bits per heavy atom. The molecule has 0 aliphatic carbocycles. The van der Waals surface area contributed by atoms with Crippen LogP contribution >= 0.6 is 0 Å². The van der Waals surface area contributed by atoms with Gasteiger partial charge >= 0.3 is 0 Å². The SMILES string of the molecule is COc1ccc(C(O)COc2ccccc2)cc1. The number of hydrogen-bond donors (Lipinski definition) is 1. The first-order chi connectivity index (χ1) is 8.79. The van der Waals surface area contributed by atoms with E-state index in [1.54, 1.807) is 7.11 Å². The van der Waals surface area contributed by atoms with Crippen molar-refractivity contribution in [1.29, 1.82) is 0 Å². The van der Waals surface area contributed by atoms with Gasteiger partial charge in [0.25, 0.3) is 0 Å². The van der Waals surface area contributed by atoms with Crippen LogP contribution in [0.5, 0.6) is 11.5 Å². The van der Waals surface area contributed by atoms with Gasteiger partial charge < -0.3 is 14.6 Å². The molecule has 0 radical (unpaired) electrons. The summed E-state index contributed by atoms with van der Waals surface area (Å²) in [5.41, 5.74) is 0.812. The first kappa shape index (κ1) is 12.5. The number of methoxy groups -OCH3 is 1. The van der Waals surface area contributed by atoms with Crippen LogP contribution in [0.2, 0.25) is 0 Å². The molecule has 0 aliphatic rings. The van der Waals surface area contributed by atoms with E-state index < -0.39 is 6.10 Å². The Balaban J connectivity index is 1.93. The van der Waals surface area contributed by atoms with E-state index in [-0.39, 0.29) is 6.61 Å². The molecular formula is C15H16O3. The van der Waals surface area contributed by atoms with Crippen LogP contribution in [0.15, 0.2) is 54.6 Å². The van der Waals surface area contributed by atoms with Gasteiger partial charge in [-0.05, 0) is 29.8 Å². The predicted octanol–water partition coefficient (Wildman–Crippen LogP) is 2.81. The number of aliphatic hydroxyl groups excluding tert-OH is 1. The Hall–Kier alpha value is -2.00. The second-order valence-electron chi connectivity index (χ2n) is 3.91. The first-order valence-corrected chi connectivity index (χ1v) is 5.79. The molecule has 0 aromatic heterocycles. The third-order valence-electron chi connectivity index (χ3n) is 2.65. The monoisotopic (exact) mass is 244 g/mol. The van der Waals surface area contributed by atoms with Crippen molar-refractivity contribution >= 4 is 0 Å². The number of hydrogen-bond acceptors (Lipinski definition) is 3. The molecular weight excluding hydrogens is 228 g/mol. The molecule has 0 amide bonds. The van der Waals surface area contributed by atoms with Gasteiger partial charge in [0.05, 0.1) is 7.11 Å². The van der Waals surface area contributed by atoms with Crippen molar-refractivity contribution in [2.75, 3.05) is 13.7 Å². The van der Waals surface area contributed by atoms with Crippen molar-refractivity contribution < 1.29 is 14.6 Å². The van der Waals surface area contributed by atoms with E-state index in [0.29, 0.717) is 0 Å². The van der Waals surface area contributed by atoms with Gasteiger partial charge in [-0.2, -0.15) is 0 Å². The van der Waals surface area contributed by atoms with Crippen molar-refractivity contribution in [2.45, 2.75) is 6.10 Å². The fourth-order valence-corrected chi connectivity index (χ4v) is 1.61. The van der Waals surface area contributed by atoms with E-state index in [4.69, 9.17) is 9.47 Å². The Bertz CT molecular complexity index is 465. The summed E-state index contributed by atoms with van der Waals surface area (Å²) in [6, 6.07) is 16.7. The largest absolute Gasteiger partial charge is 0.497 e. The van der Waals surface area contributed by atoms with Crippen molar-refractivity contribution in [3.05, 3.63) is 60.2 Å². The number of ether oxygens (including phenoxy) is 2. The van der Waals surface area contributed by atoms with Crippen molar-refractivity contribution in [2.24, 2.45) is 0 Å². The summed E-state index contributed by atoms with van der Waals surface area (Å²) in [5.74, 6) is 1.53. The zero-order chi connectivity index (χ0) is 12.8. The summed E-state index contributed by atoms with van der Waals surface area (Å²) in [6.07, 6.45) is -0.642. The fourth-order valence-electron chi connectivity index (χ4n) is 1.61. The van der Waals surface area contributed by atoms with Gasteiger partial charge in [0.2, 0.25) is 0 Å². The van der Waals surface area contributed by atoms with Crippen LogP contribution in [0.1, 0.15) is 11.7 Å². The summed E-state index contributed by atoms with van der Waals surface area (Å²) in [5, 5.41) is 9.98. The molecule has 18 heavy (non-hydrogen) atoms. The molecule has 0 bridgehead atoms. The topological polar surface area (TPSA) is 38.7 Å². The summed E-state index contributed by atoms with van der Waals surface area (Å²) in [7, 11) is 1.62. The molecule has 0 fully saturated rings. The van der Waals surface area contributed by atoms with Crippen LogP contribution in [0, 0.1) is 0 Å². The van der Waals surface area contributed by atoms with Crippen molar-refractivity contribution in [3.8, 4) is 11.5 Å². The van der Waals surface area contributed by atoms with E-state index in [0.717, 1.165) is 17.1 Å². The van der Waals surface area contributed by atoms with E-state index >= 15 is 0 Å². The predicted molar refractivity (Wildman–Crippen MR) is 69.9 cm³/mol. The molecule has 0 spiro atoms. The lowest BCUT2D eigenvalue weighted by Crippen LogP contribution is -2.09. The zero-order valence-electron chi connectivity index (χ0n) is 10.2. The quantitative estimate of drug-likeness (QED) is 0.879. The fraction of sp³-hybridized carbons (Fsp3) is 0.200. The average molecular weight is 244 g/mol. The molecule has 0 saturated carbocycles. The van der Waals surface area contributed by atoms with Crippen LogP contribution in [-0.2, 0) is 0 Å². The molecule has 2 aromatic carbocycles. The third kappa shape index (κ3) is 3.25. The van der Waals surface area contributed by atoms with Crippen LogP contribution in [-0.4, -0.2) is 18.8 Å². The highest BCUT2D eigenvalue weighted by atomic mass is 16.5. The summed E-state index contributed by atoms with van der Waals surface area (Å²) in [6.45, 7) is 0.232. The third-order valence-corrected chi connectivity index (χ3v) is 2.65. The Morgan fingerprint density at radius 1 is 0.944 bits per heavy atom. The number of aliphatic hydroxyl groups is 1. The summed E-state index contributed by atoms with van der Waals surface area (Å²) in [4.78, 5) is 0. The maximum Gasteiger partial charge on any atom is 0.119 e. The average Bonchev–Trinajstić information content (AvgIpc) is 2.46. The molecule has 0 heterocycles. The number of benzene rings is 2. The van der Waals surface area contributed by atoms with E-state index in [1.165, 1.54) is 0 Å². The minimum Gasteiger partial charge on any atom is -0.497 e. The highest BCUT2D eigenvalue weighted by molar-refractivity contribution is 5.28. The van der Waals surface area contributed by atoms with Crippen LogP contribution in [0.3, 0.4) is 0 Å². The molecule has 2 rings (SSSR count). The minimum absolute atomic E-state index is 0.232. The second-order valence-corrected chi connectivity index (χ2v) is 3.91. The molecule has 1 N–H and O–H groups in total. The second kappa shape index (κ2) is 6.07. The molecule has 1 unspecified atom stereocenters. The normalized spacial score (nSPS) is 11.9. The van der Waals surface area contributed by atoms with Crippen LogP contribution in [0.4, 0.5) is 0 Å². The lowest BCUT2D eigenvalue weighted by atomic mass is 10.1. The first-order valence-electron chi connectivity index (χ1n) is 5.79. The Kier molecular flexibility index (Phi) is 4.20. The van der Waals surface area contributed by atoms with Gasteiger partial charge in [0.15, 0.2) is 0 Å². The van der Waals surface area contributed by atoms with Gasteiger partial charge in [0.1, 0.15) is 24.2 Å². The molecule has 3 nitrogen and oxygen atoms in total. The summed E-state index contributed by atoms with van der Waals surface area (Å²) >= 11 is 0. The maximum absolute atomic E-state index is 9.98. The minimum atomic E-state index is -0.642. The van der Waals surface area contributed by atoms with Crippen molar-refractivity contribution in [1.82, 2.24) is 0 Å². The smallest absolute Gasteiger partial charge is 0.119 e. The molecule has 3 heteroatoms. The van der Waals surface area contributed by atoms with Gasteiger partial charge in [0, 0.05) is 0 Å². The standard InChI is InChI=1S/C15H16O3/c1-17-13-9-7-12(8-10-13)15(16)11-18-14-5-3-2-4-6-14/h2-10,15-16H,11H2,1H3. The molecule has 0 aliphatic heterocycles. The highest BCUT2D eigenvalue weighted by Crippen LogP contribution is 2.19. The Morgan fingerprint density at radius 2 is 1.61 bits per heavy atom. The van der Waals surface area contributed by atoms with Gasteiger partial charge in [-0.1, -0.05) is 30.3 Å². The molecule has 94 valence electrons. The number of rotatable bonds is 5. The van der Waals surface area contributed by atoms with Gasteiger partial charge in [-0.3, -0.25) is 0 Å². The van der Waals surface area contributed by atoms with Gasteiger partial charge in [-0.15, -0.1) is 0 Å². The molecule has 2 aromatic rings. The molecule has 0 saturated heterocycles. The maximum atomic E-state index is 9.98. The molecule has 1 atom stereocenters. The van der Waals surface area contributed by atoms with Gasteiger partial charge in [-0.25, -0.2) is 0 Å².